The van der Waals surface area contributed by atoms with Crippen LogP contribution in [0.3, 0.4) is 0 Å². The molecule has 0 unspecified atom stereocenters. The van der Waals surface area contributed by atoms with Crippen LogP contribution in [0.1, 0.15) is 11.7 Å². The fourth-order valence-electron chi connectivity index (χ4n) is 1.87. The monoisotopic (exact) mass is 369 g/mol. The fraction of sp³-hybridized carbons (Fsp3) is 0.556. The number of rotatable bonds is 4. The molecule has 14 heteroatoms. The predicted octanol–water partition coefficient (Wildman–Crippen LogP) is -9.66. The first kappa shape index (κ1) is 23.7. The summed E-state index contributed by atoms with van der Waals surface area (Å²) in [5.74, 6) is -1.02. The van der Waals surface area contributed by atoms with Crippen molar-refractivity contribution in [3.8, 4) is 0 Å². The molecule has 1 saturated heterocycles. The Morgan fingerprint density at radius 1 is 1.26 bits per heavy atom. The van der Waals surface area contributed by atoms with Gasteiger partial charge in [0.1, 0.15) is 30.7 Å². The van der Waals surface area contributed by atoms with Crippen molar-refractivity contribution in [2.24, 2.45) is 0 Å². The van der Waals surface area contributed by atoms with E-state index in [9.17, 15) is 34.2 Å². The Labute approximate surface area is 172 Å². The third-order valence-corrected chi connectivity index (χ3v) is 3.30. The van der Waals surface area contributed by atoms with E-state index in [0.29, 0.717) is 0 Å². The fourth-order valence-corrected chi connectivity index (χ4v) is 2.20. The van der Waals surface area contributed by atoms with Crippen LogP contribution in [-0.4, -0.2) is 40.1 Å². The molecule has 11 nitrogen and oxygen atoms in total. The molecule has 1 aromatic rings. The van der Waals surface area contributed by atoms with Crippen LogP contribution in [0.15, 0.2) is 20.3 Å². The third-order valence-electron chi connectivity index (χ3n) is 2.84. The minimum atomic E-state index is -5.27. The van der Waals surface area contributed by atoms with Crippen molar-refractivity contribution in [2.45, 2.75) is 24.4 Å². The molecule has 0 aliphatic carbocycles. The molecule has 3 N–H and O–H groups in total. The van der Waals surface area contributed by atoms with Gasteiger partial charge in [0.25, 0.3) is 5.56 Å². The number of phosphoric acid groups is 1. The van der Waals surface area contributed by atoms with Gasteiger partial charge in [0.2, 0.25) is 0 Å². The molecule has 1 aliphatic heterocycles. The number of ether oxygens (including phenoxy) is 1. The number of phosphoric ester groups is 1. The Balaban J connectivity index is 0.00000242. The molecular formula is C9H10NNa2O10P. The number of nitrogens with one attached hydrogen (secondary N) is 1. The maximum absolute atomic E-state index is 11.5. The molecule has 23 heavy (non-hydrogen) atoms. The molecule has 0 spiro atoms. The minimum absolute atomic E-state index is 0. The molecule has 0 saturated carbocycles. The summed E-state index contributed by atoms with van der Waals surface area (Å²) in [6.45, 7) is -0.826. The van der Waals surface area contributed by atoms with Gasteiger partial charge in [-0.15, -0.1) is 0 Å². The van der Waals surface area contributed by atoms with Gasteiger partial charge in [0, 0.05) is 0 Å². The van der Waals surface area contributed by atoms with Gasteiger partial charge < -0.3 is 38.2 Å². The quantitative estimate of drug-likeness (QED) is 0.340. The second-order valence-corrected chi connectivity index (χ2v) is 5.40. The van der Waals surface area contributed by atoms with Crippen LogP contribution in [0.2, 0.25) is 0 Å². The zero-order valence-electron chi connectivity index (χ0n) is 12.2. The summed E-state index contributed by atoms with van der Waals surface area (Å²) >= 11 is 0. The van der Waals surface area contributed by atoms with Gasteiger partial charge in [-0.3, -0.25) is 9.78 Å². The SMILES string of the molecule is O=c1[nH]c(=O)c([C@@H]2O[C@H](COP(=O)([O-])[O-])[C@@H](O)[C@H]2O)co1.[Na+].[Na+]. The van der Waals surface area contributed by atoms with Crippen molar-refractivity contribution < 1.29 is 97.4 Å². The van der Waals surface area contributed by atoms with Crippen molar-refractivity contribution in [1.82, 2.24) is 4.98 Å². The molecule has 1 fully saturated rings. The Bertz CT molecular complexity index is 671. The second-order valence-electron chi connectivity index (χ2n) is 4.25. The Kier molecular flexibility index (Phi) is 9.66. The van der Waals surface area contributed by atoms with E-state index in [4.69, 9.17) is 4.74 Å². The number of aromatic amines is 1. The normalized spacial score (nSPS) is 27.1. The topological polar surface area (TPSA) is 185 Å². The van der Waals surface area contributed by atoms with Crippen molar-refractivity contribution >= 4 is 7.82 Å². The molecule has 2 heterocycles. The van der Waals surface area contributed by atoms with Gasteiger partial charge in [-0.05, 0) is 0 Å². The molecule has 4 atom stereocenters. The first-order chi connectivity index (χ1) is 9.69. The van der Waals surface area contributed by atoms with Crippen LogP contribution >= 0.6 is 7.82 Å². The molecule has 0 bridgehead atoms. The summed E-state index contributed by atoms with van der Waals surface area (Å²) in [5, 5.41) is 19.5. The molecule has 1 aliphatic rings. The van der Waals surface area contributed by atoms with Crippen molar-refractivity contribution in [3.05, 3.63) is 32.7 Å². The smallest absolute Gasteiger partial charge is 0.790 e. The van der Waals surface area contributed by atoms with Crippen LogP contribution in [0.5, 0.6) is 0 Å². The van der Waals surface area contributed by atoms with E-state index in [0.717, 1.165) is 6.26 Å². The van der Waals surface area contributed by atoms with Gasteiger partial charge in [0.15, 0.2) is 0 Å². The average molecular weight is 369 g/mol. The maximum atomic E-state index is 11.5. The van der Waals surface area contributed by atoms with Crippen LogP contribution in [0, 0.1) is 0 Å². The minimum Gasteiger partial charge on any atom is -0.790 e. The van der Waals surface area contributed by atoms with E-state index in [1.165, 1.54) is 0 Å². The van der Waals surface area contributed by atoms with Gasteiger partial charge in [-0.25, -0.2) is 4.79 Å². The molecule has 118 valence electrons. The first-order valence-electron chi connectivity index (χ1n) is 5.59. The van der Waals surface area contributed by atoms with Gasteiger partial charge in [0.05, 0.1) is 20.0 Å². The summed E-state index contributed by atoms with van der Waals surface area (Å²) < 4.78 is 23.8. The zero-order chi connectivity index (χ0) is 15.8. The molecule has 2 rings (SSSR count). The van der Waals surface area contributed by atoms with E-state index < -0.39 is 50.2 Å². The number of aliphatic hydroxyl groups is 2. The van der Waals surface area contributed by atoms with Crippen LogP contribution < -0.4 is 80.2 Å². The second kappa shape index (κ2) is 9.39. The summed E-state index contributed by atoms with van der Waals surface area (Å²) in [4.78, 5) is 44.8. The molecule has 0 aromatic carbocycles. The van der Waals surface area contributed by atoms with E-state index in [-0.39, 0.29) is 64.7 Å². The number of hydrogen-bond acceptors (Lipinski definition) is 10. The van der Waals surface area contributed by atoms with E-state index in [1.807, 2.05) is 0 Å². The number of hydrogen-bond donors (Lipinski definition) is 3. The third kappa shape index (κ3) is 6.15. The first-order valence-corrected chi connectivity index (χ1v) is 7.05. The summed E-state index contributed by atoms with van der Waals surface area (Å²) in [7, 11) is -5.27. The molecule has 0 amide bonds. The van der Waals surface area contributed by atoms with Crippen LogP contribution in [-0.2, 0) is 13.8 Å². The van der Waals surface area contributed by atoms with Crippen LogP contribution in [0.4, 0.5) is 0 Å². The Morgan fingerprint density at radius 2 is 1.87 bits per heavy atom. The van der Waals surface area contributed by atoms with Crippen molar-refractivity contribution in [3.63, 3.8) is 0 Å². The number of aromatic nitrogens is 1. The largest absolute Gasteiger partial charge is 1.00 e. The Hall–Kier alpha value is 0.670. The van der Waals surface area contributed by atoms with E-state index in [2.05, 4.69) is 8.94 Å². The molecular weight excluding hydrogens is 359 g/mol. The Morgan fingerprint density at radius 3 is 2.39 bits per heavy atom. The zero-order valence-corrected chi connectivity index (χ0v) is 17.1. The molecule has 0 radical (unpaired) electrons. The van der Waals surface area contributed by atoms with Gasteiger partial charge >= 0.3 is 64.9 Å². The average Bonchev–Trinajstić information content (AvgIpc) is 2.64. The van der Waals surface area contributed by atoms with Gasteiger partial charge in [-0.2, -0.15) is 0 Å². The van der Waals surface area contributed by atoms with Crippen LogP contribution in [0.25, 0.3) is 0 Å². The van der Waals surface area contributed by atoms with E-state index in [1.54, 1.807) is 4.98 Å². The predicted molar refractivity (Wildman–Crippen MR) is 58.8 cm³/mol. The molecule has 1 aromatic heterocycles. The van der Waals surface area contributed by atoms with E-state index >= 15 is 0 Å². The summed E-state index contributed by atoms with van der Waals surface area (Å²) in [6.07, 6.45) is -5.19. The summed E-state index contributed by atoms with van der Waals surface area (Å²) in [5.41, 5.74) is -1.18. The number of H-pyrrole nitrogens is 1. The van der Waals surface area contributed by atoms with Crippen molar-refractivity contribution in [2.75, 3.05) is 6.61 Å². The number of aliphatic hydroxyl groups excluding tert-OH is 2. The van der Waals surface area contributed by atoms with Gasteiger partial charge in [-0.1, -0.05) is 0 Å². The summed E-state index contributed by atoms with van der Waals surface area (Å²) in [6, 6.07) is 0. The van der Waals surface area contributed by atoms with Crippen molar-refractivity contribution in [1.29, 1.82) is 0 Å². The standard InChI is InChI=1S/C9H12NO10P.2Na/c11-5-4(2-19-21(15,16)17)20-7(6(5)12)3-1-18-9(14)10-8(3)13;;/h1,4-7,11-12H,2H2,(H,10,13,14)(H2,15,16,17);;/q;2*+1/p-2/t4-,5-,6-,7+;;/m1../s1. The maximum Gasteiger partial charge on any atom is 1.00 e.